The topological polar surface area (TPSA) is 66.8 Å². The van der Waals surface area contributed by atoms with E-state index < -0.39 is 5.97 Å². The van der Waals surface area contributed by atoms with Gasteiger partial charge in [-0.3, -0.25) is 9.59 Å². The van der Waals surface area contributed by atoms with Gasteiger partial charge in [0.05, 0.1) is 13.2 Å². The number of hydrogen-bond donors (Lipinski definition) is 1. The zero-order chi connectivity index (χ0) is 10.3. The zero-order valence-corrected chi connectivity index (χ0v) is 7.95. The van der Waals surface area contributed by atoms with E-state index in [9.17, 15) is 9.59 Å². The number of aliphatic hydroxyl groups excluding tert-OH is 1. The van der Waals surface area contributed by atoms with Gasteiger partial charge >= 0.3 is 5.97 Å². The average Bonchev–Trinajstić information content (AvgIpc) is 2.05. The molecule has 0 aromatic rings. The van der Waals surface area contributed by atoms with Crippen LogP contribution in [0.25, 0.3) is 0 Å². The Bertz CT molecular complexity index is 181. The highest BCUT2D eigenvalue weighted by atomic mass is 16.5. The lowest BCUT2D eigenvalue weighted by atomic mass is 10.4. The van der Waals surface area contributed by atoms with E-state index in [1.54, 1.807) is 6.92 Å². The van der Waals surface area contributed by atoms with Gasteiger partial charge < -0.3 is 14.7 Å². The molecule has 0 radical (unpaired) electrons. The van der Waals surface area contributed by atoms with Gasteiger partial charge in [0.2, 0.25) is 5.91 Å². The number of carbonyl (C=O) groups excluding carboxylic acids is 2. The molecule has 0 rings (SSSR count). The fraction of sp³-hybridized carbons (Fsp3) is 0.750. The van der Waals surface area contributed by atoms with Crippen LogP contribution in [-0.4, -0.2) is 48.7 Å². The van der Waals surface area contributed by atoms with Crippen molar-refractivity contribution in [2.75, 3.05) is 26.8 Å². The molecule has 1 N–H and O–H groups in total. The summed E-state index contributed by atoms with van der Waals surface area (Å²) in [5.41, 5.74) is 0. The van der Waals surface area contributed by atoms with Crippen molar-refractivity contribution in [1.82, 2.24) is 4.90 Å². The third kappa shape index (κ3) is 5.19. The van der Waals surface area contributed by atoms with Gasteiger partial charge in [-0.1, -0.05) is 0 Å². The molecule has 0 saturated heterocycles. The van der Waals surface area contributed by atoms with Gasteiger partial charge in [-0.2, -0.15) is 0 Å². The van der Waals surface area contributed by atoms with Crippen LogP contribution in [0.3, 0.4) is 0 Å². The first kappa shape index (κ1) is 11.9. The van der Waals surface area contributed by atoms with Crippen molar-refractivity contribution < 1.29 is 19.4 Å². The number of carbonyl (C=O) groups is 2. The minimum absolute atomic E-state index is 0.106. The monoisotopic (exact) mass is 189 g/mol. The molecule has 5 nitrogen and oxygen atoms in total. The lowest BCUT2D eigenvalue weighted by molar-refractivity contribution is -0.148. The van der Waals surface area contributed by atoms with Crippen LogP contribution in [0.1, 0.15) is 13.3 Å². The number of likely N-dealkylation sites (N-methyl/N-ethyl adjacent to an activating group) is 1. The van der Waals surface area contributed by atoms with Gasteiger partial charge in [0.1, 0.15) is 6.42 Å². The van der Waals surface area contributed by atoms with Gasteiger partial charge in [0.15, 0.2) is 0 Å². The second-order valence-electron chi connectivity index (χ2n) is 2.52. The first-order valence-corrected chi connectivity index (χ1v) is 4.12. The molecule has 0 aliphatic heterocycles. The van der Waals surface area contributed by atoms with E-state index in [0.29, 0.717) is 0 Å². The molecule has 0 spiro atoms. The summed E-state index contributed by atoms with van der Waals surface area (Å²) in [4.78, 5) is 23.3. The Balaban J connectivity index is 3.78. The Morgan fingerprint density at radius 3 is 2.54 bits per heavy atom. The quantitative estimate of drug-likeness (QED) is 0.463. The lowest BCUT2D eigenvalue weighted by Crippen LogP contribution is -2.31. The first-order chi connectivity index (χ1) is 6.11. The van der Waals surface area contributed by atoms with Gasteiger partial charge in [0, 0.05) is 13.6 Å². The highest BCUT2D eigenvalue weighted by Gasteiger charge is 2.13. The van der Waals surface area contributed by atoms with Crippen LogP contribution >= 0.6 is 0 Å². The maximum absolute atomic E-state index is 11.1. The normalized spacial score (nSPS) is 9.46. The summed E-state index contributed by atoms with van der Waals surface area (Å²) in [7, 11) is 1.53. The summed E-state index contributed by atoms with van der Waals surface area (Å²) in [6, 6.07) is 0. The third-order valence-electron chi connectivity index (χ3n) is 1.46. The van der Waals surface area contributed by atoms with Gasteiger partial charge in [-0.15, -0.1) is 0 Å². The molecule has 5 heteroatoms. The van der Waals surface area contributed by atoms with E-state index in [2.05, 4.69) is 4.74 Å². The van der Waals surface area contributed by atoms with Crippen molar-refractivity contribution in [3.63, 3.8) is 0 Å². The molecule has 0 aliphatic carbocycles. The van der Waals surface area contributed by atoms with E-state index >= 15 is 0 Å². The second kappa shape index (κ2) is 6.42. The van der Waals surface area contributed by atoms with Crippen molar-refractivity contribution in [2.24, 2.45) is 0 Å². The van der Waals surface area contributed by atoms with Crippen LogP contribution in [0, 0.1) is 0 Å². The first-order valence-electron chi connectivity index (χ1n) is 4.12. The smallest absolute Gasteiger partial charge is 0.315 e. The van der Waals surface area contributed by atoms with E-state index in [-0.39, 0.29) is 32.1 Å². The molecule has 0 aromatic heterocycles. The van der Waals surface area contributed by atoms with Crippen LogP contribution in [0.2, 0.25) is 0 Å². The highest BCUT2D eigenvalue weighted by molar-refractivity contribution is 5.94. The Morgan fingerprint density at radius 2 is 2.08 bits per heavy atom. The van der Waals surface area contributed by atoms with Crippen LogP contribution in [0.15, 0.2) is 0 Å². The number of aliphatic hydroxyl groups is 1. The number of rotatable bonds is 5. The molecule has 0 unspecified atom stereocenters. The van der Waals surface area contributed by atoms with Crippen molar-refractivity contribution in [1.29, 1.82) is 0 Å². The molecular weight excluding hydrogens is 174 g/mol. The van der Waals surface area contributed by atoms with Gasteiger partial charge in [-0.05, 0) is 6.92 Å². The molecule has 76 valence electrons. The van der Waals surface area contributed by atoms with E-state index in [1.165, 1.54) is 11.9 Å². The van der Waals surface area contributed by atoms with Crippen molar-refractivity contribution in [3.05, 3.63) is 0 Å². The van der Waals surface area contributed by atoms with Crippen LogP contribution in [-0.2, 0) is 14.3 Å². The largest absolute Gasteiger partial charge is 0.466 e. The average molecular weight is 189 g/mol. The highest BCUT2D eigenvalue weighted by Crippen LogP contribution is 1.93. The lowest BCUT2D eigenvalue weighted by Gasteiger charge is -2.14. The molecule has 0 heterocycles. The number of ether oxygens (including phenoxy) is 1. The number of esters is 1. The molecule has 13 heavy (non-hydrogen) atoms. The molecule has 1 amide bonds. The molecule has 0 aliphatic rings. The van der Waals surface area contributed by atoms with Gasteiger partial charge in [-0.25, -0.2) is 0 Å². The third-order valence-corrected chi connectivity index (χ3v) is 1.46. The maximum atomic E-state index is 11.1. The fourth-order valence-corrected chi connectivity index (χ4v) is 0.745. The molecular formula is C8H15NO4. The minimum atomic E-state index is -0.530. The van der Waals surface area contributed by atoms with Gasteiger partial charge in [0.25, 0.3) is 0 Å². The number of hydrogen-bond acceptors (Lipinski definition) is 4. The number of amides is 1. The fourth-order valence-electron chi connectivity index (χ4n) is 0.745. The van der Waals surface area contributed by atoms with Crippen molar-refractivity contribution in [3.8, 4) is 0 Å². The number of nitrogens with zero attached hydrogens (tertiary/aromatic N) is 1. The predicted molar refractivity (Wildman–Crippen MR) is 46.0 cm³/mol. The van der Waals surface area contributed by atoms with E-state index in [1.807, 2.05) is 0 Å². The maximum Gasteiger partial charge on any atom is 0.315 e. The Hall–Kier alpha value is -1.10. The van der Waals surface area contributed by atoms with Crippen LogP contribution < -0.4 is 0 Å². The van der Waals surface area contributed by atoms with Crippen molar-refractivity contribution in [2.45, 2.75) is 13.3 Å². The Labute approximate surface area is 77.3 Å². The summed E-state index contributed by atoms with van der Waals surface area (Å²) >= 11 is 0. The van der Waals surface area contributed by atoms with E-state index in [0.717, 1.165) is 0 Å². The predicted octanol–water partition coefficient (Wildman–Crippen LogP) is -0.610. The van der Waals surface area contributed by atoms with Crippen LogP contribution in [0.5, 0.6) is 0 Å². The molecule has 0 saturated carbocycles. The SMILES string of the molecule is CCOC(=O)CC(=O)N(C)CCO. The molecule has 0 bridgehead atoms. The Kier molecular flexibility index (Phi) is 5.88. The van der Waals surface area contributed by atoms with Crippen LogP contribution in [0.4, 0.5) is 0 Å². The molecule has 0 fully saturated rings. The van der Waals surface area contributed by atoms with E-state index in [4.69, 9.17) is 5.11 Å². The summed E-state index contributed by atoms with van der Waals surface area (Å²) in [5, 5.41) is 8.51. The standard InChI is InChI=1S/C8H15NO4/c1-3-13-8(12)6-7(11)9(2)4-5-10/h10H,3-6H2,1-2H3. The van der Waals surface area contributed by atoms with Crippen molar-refractivity contribution >= 4 is 11.9 Å². The Morgan fingerprint density at radius 1 is 1.46 bits per heavy atom. The summed E-state index contributed by atoms with van der Waals surface area (Å²) < 4.78 is 4.59. The summed E-state index contributed by atoms with van der Waals surface area (Å²) in [5.74, 6) is -0.871. The molecule has 0 atom stereocenters. The second-order valence-corrected chi connectivity index (χ2v) is 2.52. The summed E-state index contributed by atoms with van der Waals surface area (Å²) in [6.45, 7) is 2.08. The zero-order valence-electron chi connectivity index (χ0n) is 7.95. The molecule has 0 aromatic carbocycles. The summed E-state index contributed by atoms with van der Waals surface area (Å²) in [6.07, 6.45) is -0.260. The minimum Gasteiger partial charge on any atom is -0.466 e.